The smallest absolute Gasteiger partial charge is 0.410 e. The molecule has 1 atom stereocenters. The van der Waals surface area contributed by atoms with Crippen molar-refractivity contribution in [3.8, 4) is 16.9 Å². The first-order valence-corrected chi connectivity index (χ1v) is 18.7. The van der Waals surface area contributed by atoms with Gasteiger partial charge in [-0.1, -0.05) is 12.1 Å². The van der Waals surface area contributed by atoms with Gasteiger partial charge >= 0.3 is 6.09 Å². The molecule has 10 nitrogen and oxygen atoms in total. The number of carbonyl (C=O) groups is 2. The van der Waals surface area contributed by atoms with E-state index in [9.17, 15) is 9.59 Å². The predicted octanol–water partition coefficient (Wildman–Crippen LogP) is 7.48. The van der Waals surface area contributed by atoms with Crippen LogP contribution in [-0.2, 0) is 9.53 Å². The molecule has 2 aliphatic carbocycles. The van der Waals surface area contributed by atoms with Crippen molar-refractivity contribution in [2.24, 2.45) is 11.8 Å². The summed E-state index contributed by atoms with van der Waals surface area (Å²) in [7, 11) is 5.84. The number of carbonyl (C=O) groups excluding carboxylic acids is 2. The van der Waals surface area contributed by atoms with Gasteiger partial charge in [-0.2, -0.15) is 5.10 Å². The van der Waals surface area contributed by atoms with Gasteiger partial charge in [0.1, 0.15) is 17.7 Å². The van der Waals surface area contributed by atoms with Gasteiger partial charge in [0.05, 0.1) is 13.3 Å². The van der Waals surface area contributed by atoms with Crippen LogP contribution in [0.2, 0.25) is 0 Å². The third-order valence-electron chi connectivity index (χ3n) is 11.4. The van der Waals surface area contributed by atoms with Gasteiger partial charge in [0.15, 0.2) is 0 Å². The van der Waals surface area contributed by atoms with E-state index in [4.69, 9.17) is 14.5 Å². The van der Waals surface area contributed by atoms with Crippen molar-refractivity contribution in [2.45, 2.75) is 103 Å². The molecule has 1 aliphatic heterocycles. The maximum atomic E-state index is 14.5. The Hall–Kier alpha value is -3.92. The molecule has 0 N–H and O–H groups in total. The number of benzene rings is 1. The first-order chi connectivity index (χ1) is 24.1. The van der Waals surface area contributed by atoms with Crippen LogP contribution in [0.25, 0.3) is 11.1 Å². The van der Waals surface area contributed by atoms with Crippen LogP contribution in [0.5, 0.6) is 5.75 Å². The molecule has 2 aromatic heterocycles. The minimum atomic E-state index is -0.215. The topological polar surface area (TPSA) is 93.0 Å². The van der Waals surface area contributed by atoms with Crippen LogP contribution in [-0.4, -0.2) is 89.5 Å². The number of aryl methyl sites for hydroxylation is 1. The van der Waals surface area contributed by atoms with Gasteiger partial charge in [-0.15, -0.1) is 0 Å². The number of hydrogen-bond donors (Lipinski definition) is 0. The van der Waals surface area contributed by atoms with E-state index >= 15 is 0 Å². The number of likely N-dealkylation sites (N-methyl/N-ethyl adjacent to an activating group) is 1. The van der Waals surface area contributed by atoms with Gasteiger partial charge in [-0.3, -0.25) is 14.4 Å². The highest BCUT2D eigenvalue weighted by atomic mass is 16.6. The lowest BCUT2D eigenvalue weighted by Gasteiger charge is -2.36. The van der Waals surface area contributed by atoms with E-state index < -0.39 is 0 Å². The SMILES string of the molecule is COc1ccc(C2CCC(CN(C(=O)C3CCC(OC(=O)N4CCC(N(C)C)C4)CC3)c3cc(-c4cnn(C(C)C)c4)ccn3)CC2)cc1C. The molecular weight excluding hydrogens is 628 g/mol. The zero-order valence-corrected chi connectivity index (χ0v) is 30.9. The number of methoxy groups -OCH3 is 1. The molecule has 3 fully saturated rings. The highest BCUT2D eigenvalue weighted by Crippen LogP contribution is 2.39. The van der Waals surface area contributed by atoms with Gasteiger partial charge in [0, 0.05) is 55.6 Å². The molecule has 3 heterocycles. The molecule has 50 heavy (non-hydrogen) atoms. The summed E-state index contributed by atoms with van der Waals surface area (Å²) in [5.74, 6) is 2.57. The fraction of sp³-hybridized carbons (Fsp3) is 0.600. The molecular formula is C40H56N6O4. The van der Waals surface area contributed by atoms with Crippen molar-refractivity contribution >= 4 is 17.8 Å². The second kappa shape index (κ2) is 16.0. The van der Waals surface area contributed by atoms with Gasteiger partial charge in [-0.05, 0) is 139 Å². The molecule has 0 spiro atoms. The molecule has 1 unspecified atom stereocenters. The average Bonchev–Trinajstić information content (AvgIpc) is 3.83. The van der Waals surface area contributed by atoms with Crippen LogP contribution < -0.4 is 9.64 Å². The van der Waals surface area contributed by atoms with E-state index in [1.165, 1.54) is 11.1 Å². The number of ether oxygens (including phenoxy) is 2. The standard InChI is InChI=1S/C40H56N6O4/c1-27(2)46-25-34(23-42-46)33-17-19-41-38(22-33)45(24-29-7-9-30(10-8-29)32-13-16-37(49-6)28(3)21-32)39(47)31-11-14-36(15-12-31)50-40(48)44-20-18-35(26-44)43(4)5/h13,16-17,19,21-23,25,27,29-31,35-36H,7-12,14-15,18,20,24,26H2,1-6H3. The van der Waals surface area contributed by atoms with Gasteiger partial charge in [0.25, 0.3) is 0 Å². The molecule has 3 aliphatic rings. The van der Waals surface area contributed by atoms with Crippen molar-refractivity contribution in [2.75, 3.05) is 45.7 Å². The Bertz CT molecular complexity index is 1600. The van der Waals surface area contributed by atoms with Crippen LogP contribution in [0.1, 0.15) is 94.7 Å². The van der Waals surface area contributed by atoms with Crippen LogP contribution >= 0.6 is 0 Å². The number of aromatic nitrogens is 3. The van der Waals surface area contributed by atoms with E-state index in [0.717, 1.165) is 55.5 Å². The van der Waals surface area contributed by atoms with Crippen LogP contribution in [0.4, 0.5) is 10.6 Å². The number of amides is 2. The van der Waals surface area contributed by atoms with E-state index in [1.54, 1.807) is 7.11 Å². The Labute approximate surface area is 298 Å². The Morgan fingerprint density at radius 2 is 1.72 bits per heavy atom. The number of anilines is 1. The Morgan fingerprint density at radius 1 is 0.960 bits per heavy atom. The average molecular weight is 685 g/mol. The zero-order valence-electron chi connectivity index (χ0n) is 30.9. The molecule has 0 bridgehead atoms. The molecule has 3 aromatic rings. The minimum absolute atomic E-state index is 0.123. The van der Waals surface area contributed by atoms with Crippen LogP contribution in [0.3, 0.4) is 0 Å². The summed E-state index contributed by atoms with van der Waals surface area (Å²) >= 11 is 0. The van der Waals surface area contributed by atoms with Crippen molar-refractivity contribution in [3.05, 3.63) is 60.0 Å². The molecule has 0 radical (unpaired) electrons. The van der Waals surface area contributed by atoms with E-state index in [1.807, 2.05) is 32.9 Å². The number of likely N-dealkylation sites (tertiary alicyclic amines) is 1. The van der Waals surface area contributed by atoms with Crippen molar-refractivity contribution in [1.82, 2.24) is 24.6 Å². The van der Waals surface area contributed by atoms with Crippen LogP contribution in [0, 0.1) is 18.8 Å². The number of hydrogen-bond acceptors (Lipinski definition) is 7. The highest BCUT2D eigenvalue weighted by molar-refractivity contribution is 5.94. The summed E-state index contributed by atoms with van der Waals surface area (Å²) in [6, 6.07) is 11.3. The highest BCUT2D eigenvalue weighted by Gasteiger charge is 2.36. The van der Waals surface area contributed by atoms with Gasteiger partial charge < -0.3 is 19.3 Å². The number of rotatable bonds is 10. The molecule has 270 valence electrons. The number of pyridine rings is 1. The summed E-state index contributed by atoms with van der Waals surface area (Å²) in [4.78, 5) is 38.2. The van der Waals surface area contributed by atoms with Crippen LogP contribution in [0.15, 0.2) is 48.9 Å². The molecule has 6 rings (SSSR count). The molecule has 2 saturated carbocycles. The first-order valence-electron chi connectivity index (χ1n) is 18.7. The Balaban J connectivity index is 1.13. The van der Waals surface area contributed by atoms with E-state index in [2.05, 4.69) is 75.3 Å². The fourth-order valence-electron chi connectivity index (χ4n) is 8.10. The molecule has 10 heteroatoms. The summed E-state index contributed by atoms with van der Waals surface area (Å²) in [5, 5.41) is 4.55. The Morgan fingerprint density at radius 3 is 2.36 bits per heavy atom. The van der Waals surface area contributed by atoms with Gasteiger partial charge in [0.2, 0.25) is 5.91 Å². The summed E-state index contributed by atoms with van der Waals surface area (Å²) in [5.41, 5.74) is 4.58. The maximum Gasteiger partial charge on any atom is 0.410 e. The quantitative estimate of drug-likeness (QED) is 0.219. The third kappa shape index (κ3) is 8.33. The van der Waals surface area contributed by atoms with E-state index in [-0.39, 0.29) is 30.1 Å². The lowest BCUT2D eigenvalue weighted by atomic mass is 9.78. The monoisotopic (exact) mass is 684 g/mol. The lowest BCUT2D eigenvalue weighted by molar-refractivity contribution is -0.124. The van der Waals surface area contributed by atoms with E-state index in [0.29, 0.717) is 62.5 Å². The van der Waals surface area contributed by atoms with Gasteiger partial charge in [-0.25, -0.2) is 9.78 Å². The third-order valence-corrected chi connectivity index (χ3v) is 11.4. The number of nitrogens with zero attached hydrogens (tertiary/aromatic N) is 6. The fourth-order valence-corrected chi connectivity index (χ4v) is 8.10. The summed E-state index contributed by atoms with van der Waals surface area (Å²) in [6.45, 7) is 8.44. The van der Waals surface area contributed by atoms with Crippen molar-refractivity contribution in [3.63, 3.8) is 0 Å². The molecule has 1 saturated heterocycles. The van der Waals surface area contributed by atoms with Crippen molar-refractivity contribution < 1.29 is 19.1 Å². The Kier molecular flexibility index (Phi) is 11.5. The maximum absolute atomic E-state index is 14.5. The normalized spacial score (nSPS) is 24.1. The zero-order chi connectivity index (χ0) is 35.4. The second-order valence-corrected chi connectivity index (χ2v) is 15.3. The summed E-state index contributed by atoms with van der Waals surface area (Å²) in [6.07, 6.45) is 13.5. The minimum Gasteiger partial charge on any atom is -0.496 e. The lowest BCUT2D eigenvalue weighted by Crippen LogP contribution is -2.43. The predicted molar refractivity (Wildman–Crippen MR) is 197 cm³/mol. The second-order valence-electron chi connectivity index (χ2n) is 15.3. The first kappa shape index (κ1) is 35.9. The molecule has 1 aromatic carbocycles. The van der Waals surface area contributed by atoms with Crippen molar-refractivity contribution in [1.29, 1.82) is 0 Å². The largest absolute Gasteiger partial charge is 0.496 e. The molecule has 2 amide bonds. The summed E-state index contributed by atoms with van der Waals surface area (Å²) < 4.78 is 13.4.